The van der Waals surface area contributed by atoms with Crippen molar-refractivity contribution in [3.8, 4) is 0 Å². The van der Waals surface area contributed by atoms with Gasteiger partial charge in [-0.25, -0.2) is 4.39 Å². The average Bonchev–Trinajstić information content (AvgIpc) is 2.54. The zero-order chi connectivity index (χ0) is 19.4. The van der Waals surface area contributed by atoms with Crippen molar-refractivity contribution in [1.29, 1.82) is 0 Å². The van der Waals surface area contributed by atoms with Crippen molar-refractivity contribution in [1.82, 2.24) is 0 Å². The summed E-state index contributed by atoms with van der Waals surface area (Å²) in [5.74, 6) is 0.743. The highest BCUT2D eigenvalue weighted by molar-refractivity contribution is 6.30. The normalized spacial score (nSPS) is 8.04. The average molecular weight is 349 g/mol. The molecule has 0 aliphatic rings. The number of hydrogen-bond donors (Lipinski definition) is 0. The van der Waals surface area contributed by atoms with Crippen molar-refractivity contribution in [3.63, 3.8) is 0 Å². The van der Waals surface area contributed by atoms with Crippen LogP contribution in [-0.4, -0.2) is 5.78 Å². The Balaban J connectivity index is -0.000000113. The molecule has 0 bridgehead atoms. The Bertz CT molecular complexity index is 357. The van der Waals surface area contributed by atoms with E-state index in [1.165, 1.54) is 32.8 Å². The van der Waals surface area contributed by atoms with Crippen molar-refractivity contribution < 1.29 is 9.18 Å². The van der Waals surface area contributed by atoms with E-state index in [0.29, 0.717) is 0 Å². The summed E-state index contributed by atoms with van der Waals surface area (Å²) in [6.45, 7) is 19.7. The summed E-state index contributed by atoms with van der Waals surface area (Å²) in [4.78, 5) is 9.44. The van der Waals surface area contributed by atoms with Crippen LogP contribution in [0.25, 0.3) is 0 Å². The lowest BCUT2D eigenvalue weighted by Crippen LogP contribution is -1.85. The SMILES string of the molecule is CC.CC.CC(C)=O.CCC(C)CC.Cc1ccc(F)c(Cl)c1. The van der Waals surface area contributed by atoms with Gasteiger partial charge in [0, 0.05) is 0 Å². The van der Waals surface area contributed by atoms with Crippen LogP contribution in [0.5, 0.6) is 0 Å². The van der Waals surface area contributed by atoms with Crippen molar-refractivity contribution in [2.24, 2.45) is 5.92 Å². The lowest BCUT2D eigenvalue weighted by atomic mass is 10.1. The van der Waals surface area contributed by atoms with Gasteiger partial charge in [0.1, 0.15) is 11.6 Å². The molecule has 0 N–H and O–H groups in total. The zero-order valence-corrected chi connectivity index (χ0v) is 17.6. The molecule has 3 heteroatoms. The molecule has 1 aromatic carbocycles. The number of carbonyl (C=O) groups excluding carboxylic acids is 1. The predicted octanol–water partition coefficient (Wildman–Crippen LogP) is 7.88. The van der Waals surface area contributed by atoms with Crippen LogP contribution >= 0.6 is 11.6 Å². The van der Waals surface area contributed by atoms with E-state index in [1.807, 2.05) is 34.6 Å². The van der Waals surface area contributed by atoms with Crippen LogP contribution in [0.15, 0.2) is 18.2 Å². The molecule has 0 heterocycles. The Hall–Kier alpha value is -0.890. The third kappa shape index (κ3) is 29.7. The first-order chi connectivity index (χ1) is 10.7. The lowest BCUT2D eigenvalue weighted by molar-refractivity contribution is -0.114. The maximum atomic E-state index is 12.4. The maximum absolute atomic E-state index is 12.4. The molecule has 0 amide bonds. The first kappa shape index (κ1) is 30.0. The standard InChI is InChI=1S/C7H6ClF.C6H14.C3H6O.2C2H6/c1-5-2-3-7(9)6(8)4-5;1-4-6(3)5-2;1-3(2)4;2*1-2/h2-4H,1H3;6H,4-5H2,1-3H3;1-2H3;2*1-2H3. The highest BCUT2D eigenvalue weighted by Gasteiger charge is 1.95. The minimum Gasteiger partial charge on any atom is -0.300 e. The van der Waals surface area contributed by atoms with E-state index < -0.39 is 0 Å². The van der Waals surface area contributed by atoms with Gasteiger partial charge in [0.05, 0.1) is 5.02 Å². The second kappa shape index (κ2) is 23.4. The van der Waals surface area contributed by atoms with Gasteiger partial charge in [-0.15, -0.1) is 0 Å². The minimum atomic E-state index is -0.359. The molecule has 138 valence electrons. The molecule has 0 spiro atoms. The Morgan fingerprint density at radius 3 is 1.61 bits per heavy atom. The lowest BCUT2D eigenvalue weighted by Gasteiger charge is -1.98. The third-order valence-corrected chi connectivity index (χ3v) is 2.76. The van der Waals surface area contributed by atoms with Crippen LogP contribution in [0.3, 0.4) is 0 Å². The first-order valence-electron chi connectivity index (χ1n) is 8.63. The van der Waals surface area contributed by atoms with Crippen LogP contribution in [0.1, 0.15) is 80.7 Å². The molecule has 1 aromatic rings. The number of ketones is 1. The second-order valence-corrected chi connectivity index (χ2v) is 5.15. The number of Topliss-reactive ketones (excluding diaryl/α,β-unsaturated/α-hetero) is 1. The molecule has 0 atom stereocenters. The third-order valence-electron chi connectivity index (χ3n) is 2.47. The molecule has 23 heavy (non-hydrogen) atoms. The molecule has 1 nitrogen and oxygen atoms in total. The molecule has 0 unspecified atom stereocenters. The summed E-state index contributed by atoms with van der Waals surface area (Å²) in [6.07, 6.45) is 2.66. The molecule has 0 saturated carbocycles. The van der Waals surface area contributed by atoms with Gasteiger partial charge in [0.2, 0.25) is 0 Å². The number of halogens is 2. The molecule has 0 aliphatic carbocycles. The smallest absolute Gasteiger partial charge is 0.141 e. The molecule has 0 fully saturated rings. The van der Waals surface area contributed by atoms with Gasteiger partial charge in [0.25, 0.3) is 0 Å². The van der Waals surface area contributed by atoms with Gasteiger partial charge in [-0.05, 0) is 44.4 Å². The van der Waals surface area contributed by atoms with Crippen LogP contribution in [0.4, 0.5) is 4.39 Å². The Labute approximate surface area is 149 Å². The Morgan fingerprint density at radius 1 is 1.09 bits per heavy atom. The minimum absolute atomic E-state index is 0.167. The van der Waals surface area contributed by atoms with E-state index in [0.717, 1.165) is 11.5 Å². The van der Waals surface area contributed by atoms with Gasteiger partial charge >= 0.3 is 0 Å². The summed E-state index contributed by atoms with van der Waals surface area (Å²) in [5.41, 5.74) is 0.974. The van der Waals surface area contributed by atoms with E-state index in [1.54, 1.807) is 12.1 Å². The summed E-state index contributed by atoms with van der Waals surface area (Å²) in [6, 6.07) is 4.63. The number of hydrogen-bond acceptors (Lipinski definition) is 1. The largest absolute Gasteiger partial charge is 0.300 e. The topological polar surface area (TPSA) is 17.1 Å². The Kier molecular flexibility index (Phi) is 30.5. The molecular weight excluding hydrogens is 311 g/mol. The number of carbonyl (C=O) groups is 1. The maximum Gasteiger partial charge on any atom is 0.141 e. The molecule has 0 saturated heterocycles. The second-order valence-electron chi connectivity index (χ2n) is 4.75. The van der Waals surface area contributed by atoms with Crippen LogP contribution in [-0.2, 0) is 4.79 Å². The van der Waals surface area contributed by atoms with Gasteiger partial charge in [0.15, 0.2) is 0 Å². The van der Waals surface area contributed by atoms with Crippen molar-refractivity contribution in [3.05, 3.63) is 34.6 Å². The van der Waals surface area contributed by atoms with E-state index in [4.69, 9.17) is 11.6 Å². The monoisotopic (exact) mass is 348 g/mol. The Morgan fingerprint density at radius 2 is 1.43 bits per heavy atom. The first-order valence-corrected chi connectivity index (χ1v) is 9.01. The zero-order valence-electron chi connectivity index (χ0n) is 16.9. The van der Waals surface area contributed by atoms with E-state index >= 15 is 0 Å². The van der Waals surface area contributed by atoms with Crippen molar-refractivity contribution in [2.75, 3.05) is 0 Å². The summed E-state index contributed by atoms with van der Waals surface area (Å²) >= 11 is 5.44. The van der Waals surface area contributed by atoms with E-state index in [-0.39, 0.29) is 16.6 Å². The van der Waals surface area contributed by atoms with Crippen LogP contribution < -0.4 is 0 Å². The summed E-state index contributed by atoms with van der Waals surface area (Å²) in [5, 5.41) is 0.190. The fourth-order valence-corrected chi connectivity index (χ4v) is 1.12. The molecule has 0 radical (unpaired) electrons. The highest BCUT2D eigenvalue weighted by atomic mass is 35.5. The van der Waals surface area contributed by atoms with Crippen molar-refractivity contribution in [2.45, 2.75) is 82.1 Å². The fourth-order valence-electron chi connectivity index (χ4n) is 0.890. The van der Waals surface area contributed by atoms with Gasteiger partial charge in [-0.3, -0.25) is 0 Å². The molecular formula is C20H38ClFO. The summed E-state index contributed by atoms with van der Waals surface area (Å²) < 4.78 is 12.4. The molecule has 0 aromatic heterocycles. The van der Waals surface area contributed by atoms with Crippen LogP contribution in [0.2, 0.25) is 5.02 Å². The fraction of sp³-hybridized carbons (Fsp3) is 0.650. The molecule has 1 rings (SSSR count). The van der Waals surface area contributed by atoms with E-state index in [2.05, 4.69) is 20.8 Å². The van der Waals surface area contributed by atoms with Crippen molar-refractivity contribution >= 4 is 17.4 Å². The van der Waals surface area contributed by atoms with Gasteiger partial charge < -0.3 is 4.79 Å². The van der Waals surface area contributed by atoms with Gasteiger partial charge in [-0.2, -0.15) is 0 Å². The highest BCUT2D eigenvalue weighted by Crippen LogP contribution is 2.14. The number of benzene rings is 1. The predicted molar refractivity (Wildman–Crippen MR) is 105 cm³/mol. The summed E-state index contributed by atoms with van der Waals surface area (Å²) in [7, 11) is 0. The van der Waals surface area contributed by atoms with Crippen LogP contribution in [0, 0.1) is 18.7 Å². The quantitative estimate of drug-likeness (QED) is 0.531. The van der Waals surface area contributed by atoms with Gasteiger partial charge in [-0.1, -0.05) is 79.0 Å². The number of aryl methyl sites for hydroxylation is 1. The number of rotatable bonds is 2. The molecule has 0 aliphatic heterocycles. The van der Waals surface area contributed by atoms with E-state index in [9.17, 15) is 9.18 Å².